The highest BCUT2D eigenvalue weighted by Crippen LogP contribution is 2.33. The van der Waals surface area contributed by atoms with Crippen molar-refractivity contribution >= 4 is 5.97 Å². The fourth-order valence-corrected chi connectivity index (χ4v) is 1.57. The third-order valence-corrected chi connectivity index (χ3v) is 2.66. The Morgan fingerprint density at radius 3 is 2.59 bits per heavy atom. The highest BCUT2D eigenvalue weighted by molar-refractivity contribution is 5.94. The molecule has 2 aromatic rings. The Kier molecular flexibility index (Phi) is 2.59. The number of rotatable bonds is 2. The lowest BCUT2D eigenvalue weighted by molar-refractivity contribution is 0.0697. The molecule has 0 saturated heterocycles. The number of nitrogens with zero attached hydrogens (tertiary/aromatic N) is 1. The number of aromatic hydroxyl groups is 1. The van der Waals surface area contributed by atoms with Gasteiger partial charge >= 0.3 is 5.97 Å². The molecule has 0 radical (unpaired) electrons. The van der Waals surface area contributed by atoms with Gasteiger partial charge in [-0.05, 0) is 37.1 Å². The fraction of sp³-hybridized carbons (Fsp3) is 0.167. The zero-order valence-electron chi connectivity index (χ0n) is 9.39. The second kappa shape index (κ2) is 3.93. The number of aromatic nitrogens is 1. The number of phenols is 1. The van der Waals surface area contributed by atoms with E-state index in [1.54, 1.807) is 12.1 Å². The van der Waals surface area contributed by atoms with E-state index in [-0.39, 0.29) is 17.1 Å². The quantitative estimate of drug-likeness (QED) is 0.831. The van der Waals surface area contributed by atoms with E-state index in [1.807, 2.05) is 13.8 Å². The lowest BCUT2D eigenvalue weighted by Gasteiger charge is -2.06. The maximum atomic E-state index is 10.9. The van der Waals surface area contributed by atoms with Crippen LogP contribution in [0.4, 0.5) is 0 Å². The number of benzene rings is 1. The van der Waals surface area contributed by atoms with Gasteiger partial charge in [0.05, 0.1) is 11.8 Å². The van der Waals surface area contributed by atoms with Crippen molar-refractivity contribution < 1.29 is 19.5 Å². The molecule has 88 valence electrons. The predicted molar refractivity (Wildman–Crippen MR) is 60.0 cm³/mol. The summed E-state index contributed by atoms with van der Waals surface area (Å²) < 4.78 is 4.90. The second-order valence-corrected chi connectivity index (χ2v) is 3.83. The van der Waals surface area contributed by atoms with E-state index < -0.39 is 5.97 Å². The number of aromatic carboxylic acids is 1. The van der Waals surface area contributed by atoms with Gasteiger partial charge in [-0.1, -0.05) is 5.16 Å². The number of hydrogen-bond donors (Lipinski definition) is 2. The van der Waals surface area contributed by atoms with Crippen molar-refractivity contribution in [3.8, 4) is 17.1 Å². The van der Waals surface area contributed by atoms with Gasteiger partial charge in [-0.3, -0.25) is 0 Å². The smallest absolute Gasteiger partial charge is 0.341 e. The highest BCUT2D eigenvalue weighted by atomic mass is 16.5. The maximum Gasteiger partial charge on any atom is 0.341 e. The Hall–Kier alpha value is -2.30. The van der Waals surface area contributed by atoms with Gasteiger partial charge in [0.15, 0.2) is 5.76 Å². The van der Waals surface area contributed by atoms with E-state index in [4.69, 9.17) is 9.63 Å². The summed E-state index contributed by atoms with van der Waals surface area (Å²) >= 11 is 0. The molecule has 2 N–H and O–H groups in total. The Labute approximate surface area is 97.3 Å². The Morgan fingerprint density at radius 2 is 1.94 bits per heavy atom. The molecule has 1 aromatic carbocycles. The number of carbonyl (C=O) groups is 1. The van der Waals surface area contributed by atoms with Crippen LogP contribution in [-0.4, -0.2) is 21.3 Å². The standard InChI is InChI=1S/C12H11NO4/c1-6-3-8(10(14)4-7(6)2)11-9(12(15)16)5-13-17-11/h3-5,14H,1-2H3,(H,15,16). The van der Waals surface area contributed by atoms with Crippen LogP contribution in [0.15, 0.2) is 22.9 Å². The molecule has 5 heteroatoms. The van der Waals surface area contributed by atoms with Crippen LogP contribution >= 0.6 is 0 Å². The largest absolute Gasteiger partial charge is 0.507 e. The molecule has 2 rings (SSSR count). The van der Waals surface area contributed by atoms with Gasteiger partial charge in [-0.25, -0.2) is 4.79 Å². The SMILES string of the molecule is Cc1cc(O)c(-c2oncc2C(=O)O)cc1C. The lowest BCUT2D eigenvalue weighted by atomic mass is 10.0. The summed E-state index contributed by atoms with van der Waals surface area (Å²) in [5.74, 6) is -1.09. The monoisotopic (exact) mass is 233 g/mol. The van der Waals surface area contributed by atoms with Crippen LogP contribution in [0.5, 0.6) is 5.75 Å². The van der Waals surface area contributed by atoms with Gasteiger partial charge in [0.2, 0.25) is 0 Å². The van der Waals surface area contributed by atoms with Crippen molar-refractivity contribution in [3.63, 3.8) is 0 Å². The van der Waals surface area contributed by atoms with Gasteiger partial charge < -0.3 is 14.7 Å². The van der Waals surface area contributed by atoms with Crippen LogP contribution in [0.3, 0.4) is 0 Å². The van der Waals surface area contributed by atoms with E-state index in [0.717, 1.165) is 17.3 Å². The number of aryl methyl sites for hydroxylation is 2. The summed E-state index contributed by atoms with van der Waals surface area (Å²) in [7, 11) is 0. The van der Waals surface area contributed by atoms with Crippen LogP contribution in [0.1, 0.15) is 21.5 Å². The number of carboxylic acids is 1. The fourth-order valence-electron chi connectivity index (χ4n) is 1.57. The van der Waals surface area contributed by atoms with Crippen molar-refractivity contribution in [2.75, 3.05) is 0 Å². The summed E-state index contributed by atoms with van der Waals surface area (Å²) in [6, 6.07) is 3.25. The Bertz CT molecular complexity index is 586. The van der Waals surface area contributed by atoms with Crippen LogP contribution in [-0.2, 0) is 0 Å². The molecule has 0 spiro atoms. The van der Waals surface area contributed by atoms with Gasteiger partial charge in [-0.2, -0.15) is 0 Å². The van der Waals surface area contributed by atoms with Crippen LogP contribution in [0.25, 0.3) is 11.3 Å². The molecule has 0 bridgehead atoms. The third kappa shape index (κ3) is 1.87. The summed E-state index contributed by atoms with van der Waals surface area (Å²) in [5, 5.41) is 22.2. The van der Waals surface area contributed by atoms with Gasteiger partial charge in [-0.15, -0.1) is 0 Å². The summed E-state index contributed by atoms with van der Waals surface area (Å²) in [6.45, 7) is 3.73. The van der Waals surface area contributed by atoms with E-state index in [9.17, 15) is 9.90 Å². The van der Waals surface area contributed by atoms with Crippen LogP contribution in [0, 0.1) is 13.8 Å². The molecule has 17 heavy (non-hydrogen) atoms. The zero-order valence-corrected chi connectivity index (χ0v) is 9.39. The summed E-state index contributed by atoms with van der Waals surface area (Å²) in [5.41, 5.74) is 2.12. The Balaban J connectivity index is 2.64. The first-order chi connectivity index (χ1) is 8.00. The molecular weight excluding hydrogens is 222 g/mol. The first kappa shape index (κ1) is 11.2. The molecule has 0 aliphatic rings. The highest BCUT2D eigenvalue weighted by Gasteiger charge is 2.20. The molecule has 0 unspecified atom stereocenters. The minimum Gasteiger partial charge on any atom is -0.507 e. The minimum atomic E-state index is -1.14. The number of carboxylic acid groups (broad SMARTS) is 1. The number of hydrogen-bond acceptors (Lipinski definition) is 4. The van der Waals surface area contributed by atoms with Crippen molar-refractivity contribution in [3.05, 3.63) is 35.0 Å². The first-order valence-corrected chi connectivity index (χ1v) is 4.99. The average molecular weight is 233 g/mol. The maximum absolute atomic E-state index is 10.9. The molecule has 5 nitrogen and oxygen atoms in total. The van der Waals surface area contributed by atoms with Crippen molar-refractivity contribution in [2.45, 2.75) is 13.8 Å². The van der Waals surface area contributed by atoms with Gasteiger partial charge in [0.1, 0.15) is 11.3 Å². The lowest BCUT2D eigenvalue weighted by Crippen LogP contribution is -1.96. The molecule has 0 aliphatic heterocycles. The van der Waals surface area contributed by atoms with E-state index >= 15 is 0 Å². The molecule has 0 aliphatic carbocycles. The van der Waals surface area contributed by atoms with Crippen molar-refractivity contribution in [2.24, 2.45) is 0 Å². The van der Waals surface area contributed by atoms with Gasteiger partial charge in [0.25, 0.3) is 0 Å². The second-order valence-electron chi connectivity index (χ2n) is 3.83. The molecule has 0 atom stereocenters. The number of phenolic OH excluding ortho intramolecular Hbond substituents is 1. The molecular formula is C12H11NO4. The summed E-state index contributed by atoms with van der Waals surface area (Å²) in [4.78, 5) is 10.9. The summed E-state index contributed by atoms with van der Waals surface area (Å²) in [6.07, 6.45) is 1.12. The normalized spacial score (nSPS) is 10.5. The van der Waals surface area contributed by atoms with E-state index in [2.05, 4.69) is 5.16 Å². The molecule has 1 heterocycles. The van der Waals surface area contributed by atoms with E-state index in [0.29, 0.717) is 5.56 Å². The first-order valence-electron chi connectivity index (χ1n) is 4.99. The van der Waals surface area contributed by atoms with Crippen LogP contribution in [0.2, 0.25) is 0 Å². The minimum absolute atomic E-state index is 0.0210. The van der Waals surface area contributed by atoms with Crippen LogP contribution < -0.4 is 0 Å². The molecule has 0 saturated carbocycles. The average Bonchev–Trinajstić information content (AvgIpc) is 2.72. The predicted octanol–water partition coefficient (Wildman–Crippen LogP) is 2.36. The third-order valence-electron chi connectivity index (χ3n) is 2.66. The molecule has 1 aromatic heterocycles. The zero-order chi connectivity index (χ0) is 12.6. The van der Waals surface area contributed by atoms with E-state index in [1.165, 1.54) is 0 Å². The van der Waals surface area contributed by atoms with Crippen molar-refractivity contribution in [1.82, 2.24) is 5.16 Å². The van der Waals surface area contributed by atoms with Gasteiger partial charge in [0, 0.05) is 0 Å². The molecule has 0 amide bonds. The Morgan fingerprint density at radius 1 is 1.29 bits per heavy atom. The van der Waals surface area contributed by atoms with Crippen molar-refractivity contribution in [1.29, 1.82) is 0 Å². The molecule has 0 fully saturated rings. The topological polar surface area (TPSA) is 83.6 Å².